The number of hydrogen-bond acceptors (Lipinski definition) is 4. The first-order chi connectivity index (χ1) is 7.20. The van der Waals surface area contributed by atoms with Gasteiger partial charge in [0.1, 0.15) is 0 Å². The van der Waals surface area contributed by atoms with Crippen LogP contribution in [-0.4, -0.2) is 31.8 Å². The number of hydrogen-bond donors (Lipinski definition) is 1. The minimum Gasteiger partial charge on any atom is -0.550 e. The molecule has 2 rings (SSSR count). The second kappa shape index (κ2) is 4.49. The SMILES string of the molecule is COC1CCC2NCC(CC(=O)[O-])C2C1. The van der Waals surface area contributed by atoms with Crippen molar-refractivity contribution < 1.29 is 14.6 Å². The third-order valence-electron chi connectivity index (χ3n) is 3.86. The molecule has 1 saturated heterocycles. The van der Waals surface area contributed by atoms with Gasteiger partial charge in [-0.25, -0.2) is 0 Å². The van der Waals surface area contributed by atoms with Gasteiger partial charge in [0.15, 0.2) is 0 Å². The Labute approximate surface area is 90.0 Å². The fourth-order valence-electron chi connectivity index (χ4n) is 3.05. The van der Waals surface area contributed by atoms with E-state index in [1.165, 1.54) is 0 Å². The molecule has 86 valence electrons. The molecule has 1 aliphatic heterocycles. The zero-order valence-electron chi connectivity index (χ0n) is 9.07. The second-order valence-corrected chi connectivity index (χ2v) is 4.69. The van der Waals surface area contributed by atoms with Crippen molar-refractivity contribution in [3.8, 4) is 0 Å². The molecule has 0 aromatic rings. The van der Waals surface area contributed by atoms with E-state index < -0.39 is 5.97 Å². The Morgan fingerprint density at radius 1 is 1.53 bits per heavy atom. The van der Waals surface area contributed by atoms with E-state index in [1.807, 2.05) is 0 Å². The topological polar surface area (TPSA) is 61.4 Å². The van der Waals surface area contributed by atoms with Crippen LogP contribution < -0.4 is 10.4 Å². The monoisotopic (exact) mass is 212 g/mol. The minimum atomic E-state index is -0.929. The summed E-state index contributed by atoms with van der Waals surface area (Å²) in [6.07, 6.45) is 3.68. The van der Waals surface area contributed by atoms with Crippen molar-refractivity contribution in [1.29, 1.82) is 0 Å². The van der Waals surface area contributed by atoms with Gasteiger partial charge in [-0.1, -0.05) is 0 Å². The van der Waals surface area contributed by atoms with Gasteiger partial charge in [0.2, 0.25) is 0 Å². The lowest BCUT2D eigenvalue weighted by Gasteiger charge is -2.33. The summed E-state index contributed by atoms with van der Waals surface area (Å²) in [5.74, 6) is -0.235. The quantitative estimate of drug-likeness (QED) is 0.687. The highest BCUT2D eigenvalue weighted by Gasteiger charge is 2.39. The van der Waals surface area contributed by atoms with E-state index in [2.05, 4.69) is 5.32 Å². The number of aliphatic carboxylic acids is 1. The third-order valence-corrected chi connectivity index (χ3v) is 3.86. The van der Waals surface area contributed by atoms with Crippen LogP contribution >= 0.6 is 0 Å². The Hall–Kier alpha value is -0.610. The molecule has 4 atom stereocenters. The van der Waals surface area contributed by atoms with E-state index in [-0.39, 0.29) is 12.3 Å². The summed E-state index contributed by atoms with van der Waals surface area (Å²) >= 11 is 0. The van der Waals surface area contributed by atoms with Crippen LogP contribution in [0, 0.1) is 11.8 Å². The average Bonchev–Trinajstić information content (AvgIpc) is 2.60. The molecular weight excluding hydrogens is 194 g/mol. The lowest BCUT2D eigenvalue weighted by molar-refractivity contribution is -0.307. The van der Waals surface area contributed by atoms with Crippen molar-refractivity contribution in [2.75, 3.05) is 13.7 Å². The first-order valence-corrected chi connectivity index (χ1v) is 5.66. The van der Waals surface area contributed by atoms with E-state index in [0.717, 1.165) is 25.8 Å². The summed E-state index contributed by atoms with van der Waals surface area (Å²) in [5, 5.41) is 14.0. The highest BCUT2D eigenvalue weighted by Crippen LogP contribution is 2.37. The maximum atomic E-state index is 10.6. The van der Waals surface area contributed by atoms with Crippen molar-refractivity contribution >= 4 is 5.97 Å². The van der Waals surface area contributed by atoms with Crippen LogP contribution in [0.5, 0.6) is 0 Å². The summed E-state index contributed by atoms with van der Waals surface area (Å²) in [6.45, 7) is 0.819. The number of nitrogens with one attached hydrogen (secondary N) is 1. The zero-order valence-corrected chi connectivity index (χ0v) is 9.07. The molecule has 0 spiro atoms. The molecule has 1 saturated carbocycles. The van der Waals surface area contributed by atoms with Crippen LogP contribution in [0.15, 0.2) is 0 Å². The van der Waals surface area contributed by atoms with Crippen molar-refractivity contribution in [2.24, 2.45) is 11.8 Å². The first-order valence-electron chi connectivity index (χ1n) is 5.66. The zero-order chi connectivity index (χ0) is 10.8. The van der Waals surface area contributed by atoms with Crippen LogP contribution in [0.1, 0.15) is 25.7 Å². The Bertz CT molecular complexity index is 244. The molecule has 4 nitrogen and oxygen atoms in total. The van der Waals surface area contributed by atoms with Gasteiger partial charge in [-0.3, -0.25) is 0 Å². The van der Waals surface area contributed by atoms with Crippen molar-refractivity contribution in [3.05, 3.63) is 0 Å². The normalized spacial score (nSPS) is 40.1. The fraction of sp³-hybridized carbons (Fsp3) is 0.909. The van der Waals surface area contributed by atoms with Gasteiger partial charge < -0.3 is 20.0 Å². The molecule has 1 aliphatic carbocycles. The molecule has 1 N–H and O–H groups in total. The van der Waals surface area contributed by atoms with Crippen LogP contribution in [0.4, 0.5) is 0 Å². The number of carboxylic acids is 1. The molecule has 0 aromatic carbocycles. The molecule has 0 radical (unpaired) electrons. The number of carboxylic acid groups (broad SMARTS) is 1. The van der Waals surface area contributed by atoms with Crippen molar-refractivity contribution in [3.63, 3.8) is 0 Å². The summed E-state index contributed by atoms with van der Waals surface area (Å²) in [6, 6.07) is 0.501. The predicted octanol–water partition coefficient (Wildman–Crippen LogP) is -0.470. The standard InChI is InChI=1S/C11H19NO3/c1-15-8-2-3-10-9(5-8)7(6-12-10)4-11(13)14/h7-10,12H,2-6H2,1H3,(H,13,14)/p-1. The maximum absolute atomic E-state index is 10.6. The molecule has 0 aromatic heterocycles. The van der Waals surface area contributed by atoms with Gasteiger partial charge in [0.25, 0.3) is 0 Å². The number of carbonyl (C=O) groups is 1. The lowest BCUT2D eigenvalue weighted by atomic mass is 9.77. The molecule has 4 unspecified atom stereocenters. The molecule has 0 amide bonds. The smallest absolute Gasteiger partial charge is 0.0575 e. The van der Waals surface area contributed by atoms with Crippen LogP contribution in [0.2, 0.25) is 0 Å². The molecule has 0 bridgehead atoms. The average molecular weight is 212 g/mol. The molecular formula is C11H18NO3-. The Morgan fingerprint density at radius 3 is 3.00 bits per heavy atom. The fourth-order valence-corrected chi connectivity index (χ4v) is 3.05. The van der Waals surface area contributed by atoms with Gasteiger partial charge in [-0.2, -0.15) is 0 Å². The van der Waals surface area contributed by atoms with Crippen molar-refractivity contribution in [1.82, 2.24) is 5.32 Å². The third kappa shape index (κ3) is 2.32. The minimum absolute atomic E-state index is 0.185. The largest absolute Gasteiger partial charge is 0.550 e. The van der Waals surface area contributed by atoms with Crippen LogP contribution in [-0.2, 0) is 9.53 Å². The number of fused-ring (bicyclic) bond motifs is 1. The molecule has 2 aliphatic rings. The summed E-state index contributed by atoms with van der Waals surface area (Å²) < 4.78 is 5.36. The van der Waals surface area contributed by atoms with E-state index in [9.17, 15) is 9.90 Å². The summed E-state index contributed by atoms with van der Waals surface area (Å²) in [4.78, 5) is 10.6. The molecule has 2 fully saturated rings. The predicted molar refractivity (Wildman–Crippen MR) is 53.0 cm³/mol. The number of methoxy groups -OCH3 is 1. The van der Waals surface area contributed by atoms with Gasteiger partial charge in [-0.05, 0) is 44.1 Å². The van der Waals surface area contributed by atoms with Gasteiger partial charge in [-0.15, -0.1) is 0 Å². The van der Waals surface area contributed by atoms with E-state index in [4.69, 9.17) is 4.74 Å². The molecule has 4 heteroatoms. The van der Waals surface area contributed by atoms with E-state index in [0.29, 0.717) is 18.1 Å². The lowest BCUT2D eigenvalue weighted by Crippen LogP contribution is -2.37. The van der Waals surface area contributed by atoms with Gasteiger partial charge >= 0.3 is 0 Å². The van der Waals surface area contributed by atoms with Crippen molar-refractivity contribution in [2.45, 2.75) is 37.8 Å². The van der Waals surface area contributed by atoms with Crippen LogP contribution in [0.3, 0.4) is 0 Å². The molecule has 1 heterocycles. The number of ether oxygens (including phenoxy) is 1. The Balaban J connectivity index is 1.96. The van der Waals surface area contributed by atoms with E-state index in [1.54, 1.807) is 7.11 Å². The second-order valence-electron chi connectivity index (χ2n) is 4.69. The van der Waals surface area contributed by atoms with Gasteiger partial charge in [0.05, 0.1) is 6.10 Å². The maximum Gasteiger partial charge on any atom is 0.0575 e. The van der Waals surface area contributed by atoms with Crippen LogP contribution in [0.25, 0.3) is 0 Å². The summed E-state index contributed by atoms with van der Waals surface area (Å²) in [5.41, 5.74) is 0. The molecule has 15 heavy (non-hydrogen) atoms. The Kier molecular flexibility index (Phi) is 3.26. The highest BCUT2D eigenvalue weighted by atomic mass is 16.5. The number of rotatable bonds is 3. The Morgan fingerprint density at radius 2 is 2.33 bits per heavy atom. The first kappa shape index (κ1) is 10.9. The highest BCUT2D eigenvalue weighted by molar-refractivity contribution is 5.64. The number of carbonyl (C=O) groups excluding carboxylic acids is 1. The van der Waals surface area contributed by atoms with Gasteiger partial charge in [0, 0.05) is 19.1 Å². The van der Waals surface area contributed by atoms with E-state index >= 15 is 0 Å². The summed E-state index contributed by atoms with van der Waals surface area (Å²) in [7, 11) is 1.74.